The minimum atomic E-state index is -1.27. The third-order valence-electron chi connectivity index (χ3n) is 3.56. The van der Waals surface area contributed by atoms with Gasteiger partial charge in [0.15, 0.2) is 0 Å². The number of carbonyl (C=O) groups excluding carboxylic acids is 2. The molecule has 1 aliphatic rings. The number of nitrogens with one attached hydrogen (secondary N) is 1. The van der Waals surface area contributed by atoms with Crippen molar-refractivity contribution in [1.29, 1.82) is 5.53 Å². The van der Waals surface area contributed by atoms with Crippen molar-refractivity contribution in [3.8, 4) is 0 Å². The monoisotopic (exact) mass is 284 g/mol. The van der Waals surface area contributed by atoms with Crippen LogP contribution in [0.3, 0.4) is 0 Å². The highest BCUT2D eigenvalue weighted by molar-refractivity contribution is 6.65. The van der Waals surface area contributed by atoms with Crippen molar-refractivity contribution < 1.29 is 29.0 Å². The zero-order valence-corrected chi connectivity index (χ0v) is 11.5. The number of ketones is 2. The molecule has 0 unspecified atom stereocenters. The number of rotatable bonds is 5. The molecule has 1 heterocycles. The average Bonchev–Trinajstić information content (AvgIpc) is 2.47. The van der Waals surface area contributed by atoms with E-state index in [1.807, 2.05) is 0 Å². The van der Waals surface area contributed by atoms with E-state index in [9.17, 15) is 14.4 Å². The molecule has 0 aromatic rings. The SMILES string of the molecule is CCC(=O)C(=[N+]=N)C(=O)C1(OC)CCN(C(=O)O)CC1. The van der Waals surface area contributed by atoms with E-state index in [1.165, 1.54) is 12.0 Å². The number of Topliss-reactive ketones (excluding diaryl/α,β-unsaturated/α-hetero) is 2. The van der Waals surface area contributed by atoms with E-state index in [4.69, 9.17) is 15.4 Å². The van der Waals surface area contributed by atoms with Crippen LogP contribution in [-0.2, 0) is 14.3 Å². The van der Waals surface area contributed by atoms with Gasteiger partial charge in [0.2, 0.25) is 0 Å². The van der Waals surface area contributed by atoms with Crippen molar-refractivity contribution in [2.75, 3.05) is 20.2 Å². The Hall–Kier alpha value is -2.05. The maximum Gasteiger partial charge on any atom is 0.452 e. The molecule has 0 bridgehead atoms. The molecule has 0 aliphatic carbocycles. The summed E-state index contributed by atoms with van der Waals surface area (Å²) >= 11 is 0. The van der Waals surface area contributed by atoms with Gasteiger partial charge in [0.1, 0.15) is 5.60 Å². The van der Waals surface area contributed by atoms with E-state index < -0.39 is 29.0 Å². The van der Waals surface area contributed by atoms with Crippen molar-refractivity contribution in [2.45, 2.75) is 31.8 Å². The Bertz CT molecular complexity index is 473. The highest BCUT2D eigenvalue weighted by Gasteiger charge is 2.50. The minimum absolute atomic E-state index is 0.0739. The van der Waals surface area contributed by atoms with Crippen molar-refractivity contribution in [1.82, 2.24) is 4.90 Å². The second-order valence-corrected chi connectivity index (χ2v) is 4.53. The van der Waals surface area contributed by atoms with Gasteiger partial charge in [0, 0.05) is 39.5 Å². The number of carboxylic acid groups (broad SMARTS) is 1. The van der Waals surface area contributed by atoms with Crippen LogP contribution in [0.2, 0.25) is 0 Å². The first kappa shape index (κ1) is 16.0. The second-order valence-electron chi connectivity index (χ2n) is 4.53. The lowest BCUT2D eigenvalue weighted by molar-refractivity contribution is -0.157. The van der Waals surface area contributed by atoms with Crippen LogP contribution in [0.1, 0.15) is 26.2 Å². The molecular weight excluding hydrogens is 266 g/mol. The molecule has 110 valence electrons. The fraction of sp³-hybridized carbons (Fsp3) is 0.667. The highest BCUT2D eigenvalue weighted by Crippen LogP contribution is 2.27. The summed E-state index contributed by atoms with van der Waals surface area (Å²) in [5, 5.41) is 8.89. The van der Waals surface area contributed by atoms with Crippen LogP contribution in [0.5, 0.6) is 0 Å². The zero-order valence-electron chi connectivity index (χ0n) is 11.5. The van der Waals surface area contributed by atoms with Crippen molar-refractivity contribution in [2.24, 2.45) is 0 Å². The van der Waals surface area contributed by atoms with E-state index in [0.717, 1.165) is 0 Å². The molecule has 1 aliphatic heterocycles. The first-order chi connectivity index (χ1) is 9.41. The highest BCUT2D eigenvalue weighted by atomic mass is 16.5. The van der Waals surface area contributed by atoms with Gasteiger partial charge in [0.25, 0.3) is 11.6 Å². The summed E-state index contributed by atoms with van der Waals surface area (Å²) in [5.74, 6) is -1.14. The first-order valence-corrected chi connectivity index (χ1v) is 6.27. The Morgan fingerprint density at radius 1 is 1.35 bits per heavy atom. The summed E-state index contributed by atoms with van der Waals surface area (Å²) in [6.45, 7) is 1.86. The van der Waals surface area contributed by atoms with E-state index in [2.05, 4.69) is 4.79 Å². The maximum absolute atomic E-state index is 12.4. The van der Waals surface area contributed by atoms with Crippen molar-refractivity contribution in [3.05, 3.63) is 0 Å². The van der Waals surface area contributed by atoms with Crippen LogP contribution in [0, 0.1) is 5.53 Å². The Labute approximate surface area is 115 Å². The topological polar surface area (TPSA) is 122 Å². The Kier molecular flexibility index (Phi) is 5.12. The van der Waals surface area contributed by atoms with Gasteiger partial charge < -0.3 is 14.7 Å². The van der Waals surface area contributed by atoms with E-state index >= 15 is 0 Å². The fourth-order valence-electron chi connectivity index (χ4n) is 2.21. The minimum Gasteiger partial charge on any atom is -0.465 e. The Balaban J connectivity index is 2.96. The number of hydrogen-bond donors (Lipinski definition) is 2. The lowest BCUT2D eigenvalue weighted by Gasteiger charge is -2.37. The number of carbonyl (C=O) groups is 3. The third kappa shape index (κ3) is 2.92. The number of piperidine rings is 1. The maximum atomic E-state index is 12.4. The molecule has 8 heteroatoms. The van der Waals surface area contributed by atoms with Crippen LogP contribution in [-0.4, -0.2) is 64.0 Å². The normalized spacial score (nSPS) is 17.2. The van der Waals surface area contributed by atoms with Crippen LogP contribution in [0.15, 0.2) is 0 Å². The lowest BCUT2D eigenvalue weighted by Crippen LogP contribution is -2.55. The Morgan fingerprint density at radius 2 is 1.90 bits per heavy atom. The van der Waals surface area contributed by atoms with Crippen molar-refractivity contribution in [3.63, 3.8) is 0 Å². The Morgan fingerprint density at radius 3 is 2.25 bits per heavy atom. The van der Waals surface area contributed by atoms with Crippen LogP contribution < -0.4 is 0 Å². The molecule has 1 amide bonds. The van der Waals surface area contributed by atoms with Gasteiger partial charge in [-0.2, -0.15) is 0 Å². The number of hydrogen-bond acceptors (Lipinski definition) is 5. The second kappa shape index (κ2) is 6.40. The number of nitrogens with zero attached hydrogens (tertiary/aromatic N) is 2. The predicted molar refractivity (Wildman–Crippen MR) is 66.9 cm³/mol. The average molecular weight is 284 g/mol. The lowest BCUT2D eigenvalue weighted by atomic mass is 9.83. The zero-order chi connectivity index (χ0) is 15.3. The molecule has 0 atom stereocenters. The molecule has 1 rings (SSSR count). The summed E-state index contributed by atoms with van der Waals surface area (Å²) in [5.41, 5.74) is 5.30. The van der Waals surface area contributed by atoms with Crippen LogP contribution >= 0.6 is 0 Å². The summed E-state index contributed by atoms with van der Waals surface area (Å²) < 4.78 is 5.26. The van der Waals surface area contributed by atoms with Gasteiger partial charge in [-0.3, -0.25) is 9.59 Å². The fourth-order valence-corrected chi connectivity index (χ4v) is 2.21. The predicted octanol–water partition coefficient (Wildman–Crippen LogP) is 0.374. The molecule has 0 saturated carbocycles. The molecule has 0 aromatic carbocycles. The third-order valence-corrected chi connectivity index (χ3v) is 3.56. The number of likely N-dealkylation sites (tertiary alicyclic amines) is 1. The van der Waals surface area contributed by atoms with E-state index in [-0.39, 0.29) is 32.4 Å². The van der Waals surface area contributed by atoms with Gasteiger partial charge in [-0.05, 0) is 0 Å². The molecule has 0 aromatic heterocycles. The first-order valence-electron chi connectivity index (χ1n) is 6.27. The van der Waals surface area contributed by atoms with Crippen LogP contribution in [0.25, 0.3) is 0 Å². The molecule has 0 radical (unpaired) electrons. The molecule has 2 N–H and O–H groups in total. The molecular formula is C12H18N3O5+. The summed E-state index contributed by atoms with van der Waals surface area (Å²) in [7, 11) is 1.34. The van der Waals surface area contributed by atoms with Gasteiger partial charge in [-0.15, -0.1) is 0 Å². The number of ether oxygens (including phenoxy) is 1. The number of amides is 1. The quantitative estimate of drug-likeness (QED) is 0.327. The smallest absolute Gasteiger partial charge is 0.452 e. The molecule has 0 spiro atoms. The van der Waals surface area contributed by atoms with Gasteiger partial charge >= 0.3 is 11.8 Å². The van der Waals surface area contributed by atoms with E-state index in [0.29, 0.717) is 0 Å². The molecule has 20 heavy (non-hydrogen) atoms. The van der Waals surface area contributed by atoms with E-state index in [1.54, 1.807) is 6.92 Å². The largest absolute Gasteiger partial charge is 0.465 e. The van der Waals surface area contributed by atoms with Crippen molar-refractivity contribution >= 4 is 23.4 Å². The summed E-state index contributed by atoms with van der Waals surface area (Å²) in [6.07, 6.45) is -0.694. The molecule has 8 nitrogen and oxygen atoms in total. The summed E-state index contributed by atoms with van der Waals surface area (Å²) in [4.78, 5) is 39.1. The number of methoxy groups -OCH3 is 1. The standard InChI is InChI=1S/C12H17N3O5/c1-3-8(16)9(14-13)10(17)12(20-2)4-6-15(7-5-12)11(18)19/h13H,3-7H2,1-2H3/p+1. The molecule has 1 fully saturated rings. The van der Waals surface area contributed by atoms with Gasteiger partial charge in [-0.1, -0.05) is 6.92 Å². The molecule has 1 saturated heterocycles. The van der Waals surface area contributed by atoms with Gasteiger partial charge in [0.05, 0.1) is 10.3 Å². The van der Waals surface area contributed by atoms with Crippen LogP contribution in [0.4, 0.5) is 4.79 Å². The summed E-state index contributed by atoms with van der Waals surface area (Å²) in [6, 6.07) is 0. The van der Waals surface area contributed by atoms with Gasteiger partial charge in [-0.25, -0.2) is 4.79 Å².